The Balaban J connectivity index is 1.33. The summed E-state index contributed by atoms with van der Waals surface area (Å²) in [4.78, 5) is 4.77. The van der Waals surface area contributed by atoms with Crippen molar-refractivity contribution >= 4 is 55.9 Å². The van der Waals surface area contributed by atoms with Gasteiger partial charge in [-0.3, -0.25) is 0 Å². The predicted octanol–water partition coefficient (Wildman–Crippen LogP) is 14.6. The van der Waals surface area contributed by atoms with Gasteiger partial charge in [0.2, 0.25) is 0 Å². The summed E-state index contributed by atoms with van der Waals surface area (Å²) in [5.41, 5.74) is 17.3. The zero-order chi connectivity index (χ0) is 37.5. The second kappa shape index (κ2) is 14.2. The number of anilines is 6. The normalized spacial score (nSPS) is 11.3. The Morgan fingerprint density at radius 3 is 1.20 bits per heavy atom. The van der Waals surface area contributed by atoms with E-state index in [-0.39, 0.29) is 0 Å². The van der Waals surface area contributed by atoms with Gasteiger partial charge in [-0.2, -0.15) is 0 Å². The Kier molecular flexibility index (Phi) is 8.76. The molecule has 55 heavy (non-hydrogen) atoms. The molecular formula is C52H43N3. The second-order valence-electron chi connectivity index (χ2n) is 14.7. The maximum atomic E-state index is 2.40. The van der Waals surface area contributed by atoms with Crippen molar-refractivity contribution in [2.24, 2.45) is 0 Å². The quantitative estimate of drug-likeness (QED) is 0.156. The average Bonchev–Trinajstić information content (AvgIpc) is 3.55. The van der Waals surface area contributed by atoms with Gasteiger partial charge in [0.05, 0.1) is 11.0 Å². The number of hydrogen-bond donors (Lipinski definition) is 0. The van der Waals surface area contributed by atoms with Crippen molar-refractivity contribution in [3.05, 3.63) is 210 Å². The molecule has 0 spiro atoms. The summed E-state index contributed by atoms with van der Waals surface area (Å²) in [6.07, 6.45) is 0. The first-order chi connectivity index (χ1) is 26.9. The van der Waals surface area contributed by atoms with Crippen LogP contribution in [0.4, 0.5) is 34.1 Å². The highest BCUT2D eigenvalue weighted by Crippen LogP contribution is 2.44. The summed E-state index contributed by atoms with van der Waals surface area (Å²) >= 11 is 0. The SMILES string of the molecule is Cc1ccc(N(c2ccc(C)cc2)c2cc(-c3ccc4c5ccccc5n(-c5ccccc5)c4c3)cc(N(c3ccc(C)cc3)c3ccc(C)cc3)c2)cc1. The van der Waals surface area contributed by atoms with Crippen LogP contribution in [0, 0.1) is 27.7 Å². The van der Waals surface area contributed by atoms with E-state index in [1.807, 2.05) is 0 Å². The van der Waals surface area contributed by atoms with Crippen LogP contribution >= 0.6 is 0 Å². The van der Waals surface area contributed by atoms with Crippen LogP contribution in [0.2, 0.25) is 0 Å². The third kappa shape index (κ3) is 6.55. The number of fused-ring (bicyclic) bond motifs is 3. The monoisotopic (exact) mass is 709 g/mol. The average molecular weight is 710 g/mol. The minimum atomic E-state index is 1.08. The van der Waals surface area contributed by atoms with Crippen LogP contribution in [-0.4, -0.2) is 4.57 Å². The smallest absolute Gasteiger partial charge is 0.0547 e. The molecule has 8 aromatic carbocycles. The Bertz CT molecular complexity index is 2560. The number of rotatable bonds is 8. The van der Waals surface area contributed by atoms with Gasteiger partial charge in [-0.1, -0.05) is 119 Å². The first kappa shape index (κ1) is 34.0. The maximum Gasteiger partial charge on any atom is 0.0547 e. The highest BCUT2D eigenvalue weighted by atomic mass is 15.2. The Morgan fingerprint density at radius 1 is 0.309 bits per heavy atom. The molecule has 0 aliphatic rings. The Hall–Kier alpha value is -6.84. The van der Waals surface area contributed by atoms with Crippen LogP contribution in [0.5, 0.6) is 0 Å². The fourth-order valence-electron chi connectivity index (χ4n) is 7.70. The molecule has 0 saturated heterocycles. The van der Waals surface area contributed by atoms with E-state index >= 15 is 0 Å². The summed E-state index contributed by atoms with van der Waals surface area (Å²) in [5.74, 6) is 0. The van der Waals surface area contributed by atoms with Gasteiger partial charge in [-0.25, -0.2) is 0 Å². The molecule has 9 aromatic rings. The number of para-hydroxylation sites is 2. The minimum Gasteiger partial charge on any atom is -0.310 e. The van der Waals surface area contributed by atoms with E-state index < -0.39 is 0 Å². The molecule has 0 unspecified atom stereocenters. The van der Waals surface area contributed by atoms with Gasteiger partial charge < -0.3 is 14.4 Å². The van der Waals surface area contributed by atoms with E-state index in [2.05, 4.69) is 230 Å². The number of benzene rings is 8. The van der Waals surface area contributed by atoms with Crippen LogP contribution in [0.1, 0.15) is 22.3 Å². The van der Waals surface area contributed by atoms with E-state index in [0.717, 1.165) is 50.9 Å². The summed E-state index contributed by atoms with van der Waals surface area (Å²) in [6, 6.07) is 68.8. The molecule has 0 aliphatic carbocycles. The number of hydrogen-bond acceptors (Lipinski definition) is 2. The van der Waals surface area contributed by atoms with E-state index in [9.17, 15) is 0 Å². The van der Waals surface area contributed by atoms with Gasteiger partial charge >= 0.3 is 0 Å². The molecule has 3 heteroatoms. The lowest BCUT2D eigenvalue weighted by atomic mass is 10.00. The molecule has 0 fully saturated rings. The summed E-state index contributed by atoms with van der Waals surface area (Å²) in [6.45, 7) is 8.57. The molecule has 1 heterocycles. The van der Waals surface area contributed by atoms with Crippen molar-refractivity contribution < 1.29 is 0 Å². The van der Waals surface area contributed by atoms with Crippen molar-refractivity contribution in [2.75, 3.05) is 9.80 Å². The van der Waals surface area contributed by atoms with E-state index in [1.165, 1.54) is 44.1 Å². The van der Waals surface area contributed by atoms with Gasteiger partial charge in [0.1, 0.15) is 0 Å². The molecule has 0 saturated carbocycles. The van der Waals surface area contributed by atoms with Crippen LogP contribution in [-0.2, 0) is 0 Å². The highest BCUT2D eigenvalue weighted by molar-refractivity contribution is 6.10. The predicted molar refractivity (Wildman–Crippen MR) is 235 cm³/mol. The summed E-state index contributed by atoms with van der Waals surface area (Å²) < 4.78 is 2.40. The molecule has 0 bridgehead atoms. The molecule has 0 amide bonds. The second-order valence-corrected chi connectivity index (χ2v) is 14.7. The van der Waals surface area contributed by atoms with Crippen molar-refractivity contribution in [2.45, 2.75) is 27.7 Å². The van der Waals surface area contributed by atoms with Crippen LogP contribution in [0.15, 0.2) is 188 Å². The first-order valence-corrected chi connectivity index (χ1v) is 19.0. The van der Waals surface area contributed by atoms with Crippen molar-refractivity contribution in [3.63, 3.8) is 0 Å². The first-order valence-electron chi connectivity index (χ1n) is 19.0. The third-order valence-corrected chi connectivity index (χ3v) is 10.6. The highest BCUT2D eigenvalue weighted by Gasteiger charge is 2.21. The van der Waals surface area contributed by atoms with E-state index in [1.54, 1.807) is 0 Å². The van der Waals surface area contributed by atoms with Crippen LogP contribution in [0.25, 0.3) is 38.6 Å². The lowest BCUT2D eigenvalue weighted by Crippen LogP contribution is -2.13. The Labute approximate surface area is 324 Å². The number of nitrogens with zero attached hydrogens (tertiary/aromatic N) is 3. The fraction of sp³-hybridized carbons (Fsp3) is 0.0769. The van der Waals surface area contributed by atoms with E-state index in [0.29, 0.717) is 0 Å². The van der Waals surface area contributed by atoms with Gasteiger partial charge in [0, 0.05) is 50.6 Å². The standard InChI is InChI=1S/C52H43N3/c1-36-14-23-43(24-15-36)53(44-25-16-37(2)17-26-44)47-32-41(33-48(35-47)54(45-27-18-38(3)19-28-45)46-29-20-39(4)21-30-46)40-22-31-50-49-12-8-9-13-51(49)55(52(50)34-40)42-10-6-5-7-11-42/h5-35H,1-4H3. The summed E-state index contributed by atoms with van der Waals surface area (Å²) in [5, 5.41) is 2.48. The van der Waals surface area contributed by atoms with Gasteiger partial charge in [0.25, 0.3) is 0 Å². The molecule has 9 rings (SSSR count). The van der Waals surface area contributed by atoms with E-state index in [4.69, 9.17) is 0 Å². The Morgan fingerprint density at radius 2 is 0.727 bits per heavy atom. The van der Waals surface area contributed by atoms with Crippen molar-refractivity contribution in [1.29, 1.82) is 0 Å². The molecule has 266 valence electrons. The topological polar surface area (TPSA) is 11.4 Å². The number of aromatic nitrogens is 1. The zero-order valence-electron chi connectivity index (χ0n) is 31.7. The zero-order valence-corrected chi connectivity index (χ0v) is 31.7. The molecular weight excluding hydrogens is 667 g/mol. The van der Waals surface area contributed by atoms with Gasteiger partial charge in [-0.15, -0.1) is 0 Å². The molecule has 0 atom stereocenters. The summed E-state index contributed by atoms with van der Waals surface area (Å²) in [7, 11) is 0. The molecule has 0 radical (unpaired) electrons. The minimum absolute atomic E-state index is 1.08. The van der Waals surface area contributed by atoms with Gasteiger partial charge in [0.15, 0.2) is 0 Å². The van der Waals surface area contributed by atoms with Crippen molar-refractivity contribution in [3.8, 4) is 16.8 Å². The molecule has 0 N–H and O–H groups in total. The third-order valence-electron chi connectivity index (χ3n) is 10.6. The van der Waals surface area contributed by atoms with Crippen LogP contribution in [0.3, 0.4) is 0 Å². The van der Waals surface area contributed by atoms with Crippen molar-refractivity contribution in [1.82, 2.24) is 4.57 Å². The molecule has 0 aliphatic heterocycles. The molecule has 3 nitrogen and oxygen atoms in total. The van der Waals surface area contributed by atoms with Gasteiger partial charge in [-0.05, 0) is 130 Å². The lowest BCUT2D eigenvalue weighted by molar-refractivity contribution is 1.18. The largest absolute Gasteiger partial charge is 0.310 e. The molecule has 1 aromatic heterocycles. The fourth-order valence-corrected chi connectivity index (χ4v) is 7.70. The van der Waals surface area contributed by atoms with Crippen LogP contribution < -0.4 is 9.80 Å². The lowest BCUT2D eigenvalue weighted by Gasteiger charge is -2.30. The maximum absolute atomic E-state index is 2.40. The number of aryl methyl sites for hydroxylation is 4.